The van der Waals surface area contributed by atoms with Crippen LogP contribution in [0.25, 0.3) is 10.6 Å². The number of aromatic nitrogens is 1. The van der Waals surface area contributed by atoms with E-state index in [4.69, 9.17) is 0 Å². The second kappa shape index (κ2) is 9.08. The summed E-state index contributed by atoms with van der Waals surface area (Å²) in [5.74, 6) is 0. The molecule has 0 fully saturated rings. The fourth-order valence-electron chi connectivity index (χ4n) is 2.74. The van der Waals surface area contributed by atoms with Gasteiger partial charge >= 0.3 is 0 Å². The van der Waals surface area contributed by atoms with E-state index in [1.165, 1.54) is 21.6 Å². The molecule has 0 spiro atoms. The molecule has 26 heavy (non-hydrogen) atoms. The Labute approximate surface area is 160 Å². The van der Waals surface area contributed by atoms with Gasteiger partial charge in [-0.05, 0) is 32.0 Å². The van der Waals surface area contributed by atoms with Crippen LogP contribution in [0.3, 0.4) is 0 Å². The molecule has 4 heteroatoms. The lowest BCUT2D eigenvalue weighted by Crippen LogP contribution is -2.25. The van der Waals surface area contributed by atoms with Crippen LogP contribution >= 0.6 is 11.3 Å². The van der Waals surface area contributed by atoms with E-state index in [9.17, 15) is 0 Å². The summed E-state index contributed by atoms with van der Waals surface area (Å²) in [5, 5.41) is 4.63. The van der Waals surface area contributed by atoms with Crippen molar-refractivity contribution >= 4 is 11.3 Å². The van der Waals surface area contributed by atoms with E-state index < -0.39 is 0 Å². The first-order chi connectivity index (χ1) is 12.6. The van der Waals surface area contributed by atoms with Crippen molar-refractivity contribution in [1.29, 1.82) is 0 Å². The van der Waals surface area contributed by atoms with Gasteiger partial charge in [-0.1, -0.05) is 54.6 Å². The molecule has 0 aliphatic carbocycles. The van der Waals surface area contributed by atoms with Crippen molar-refractivity contribution in [2.75, 3.05) is 7.05 Å². The predicted molar refractivity (Wildman–Crippen MR) is 111 cm³/mol. The number of rotatable bonds is 8. The molecule has 3 aromatic rings. The monoisotopic (exact) mass is 365 g/mol. The third-order valence-electron chi connectivity index (χ3n) is 4.51. The topological polar surface area (TPSA) is 28.2 Å². The van der Waals surface area contributed by atoms with Gasteiger partial charge in [-0.25, -0.2) is 4.98 Å². The highest BCUT2D eigenvalue weighted by Crippen LogP contribution is 2.24. The van der Waals surface area contributed by atoms with Crippen molar-refractivity contribution in [2.24, 2.45) is 0 Å². The van der Waals surface area contributed by atoms with Gasteiger partial charge in [0, 0.05) is 42.3 Å². The van der Waals surface area contributed by atoms with Crippen molar-refractivity contribution in [2.45, 2.75) is 39.5 Å². The highest BCUT2D eigenvalue weighted by atomic mass is 32.1. The smallest absolute Gasteiger partial charge is 0.123 e. The lowest BCUT2D eigenvalue weighted by Gasteiger charge is -2.21. The Bertz CT molecular complexity index is 811. The Hall–Kier alpha value is -2.01. The van der Waals surface area contributed by atoms with Crippen LogP contribution in [0.5, 0.6) is 0 Å². The maximum absolute atomic E-state index is 4.55. The van der Waals surface area contributed by atoms with Crippen molar-refractivity contribution in [1.82, 2.24) is 15.2 Å². The summed E-state index contributed by atoms with van der Waals surface area (Å²) in [5.41, 5.74) is 3.88. The Balaban J connectivity index is 1.53. The number of hydrogen-bond acceptors (Lipinski definition) is 4. The molecule has 0 saturated carbocycles. The second-order valence-electron chi connectivity index (χ2n) is 6.93. The molecule has 0 bridgehead atoms. The Kier molecular flexibility index (Phi) is 6.56. The number of nitrogens with zero attached hydrogens (tertiary/aromatic N) is 2. The molecule has 0 atom stereocenters. The van der Waals surface area contributed by atoms with Gasteiger partial charge in [0.15, 0.2) is 0 Å². The van der Waals surface area contributed by atoms with Gasteiger partial charge < -0.3 is 5.32 Å². The Morgan fingerprint density at radius 1 is 1.00 bits per heavy atom. The van der Waals surface area contributed by atoms with Crippen LogP contribution in [-0.4, -0.2) is 23.0 Å². The predicted octanol–water partition coefficient (Wildman–Crippen LogP) is 4.94. The zero-order valence-electron chi connectivity index (χ0n) is 15.8. The van der Waals surface area contributed by atoms with Gasteiger partial charge in [0.2, 0.25) is 0 Å². The van der Waals surface area contributed by atoms with Crippen molar-refractivity contribution in [3.05, 3.63) is 76.8 Å². The number of thiazole rings is 1. The van der Waals surface area contributed by atoms with E-state index in [-0.39, 0.29) is 0 Å². The Morgan fingerprint density at radius 2 is 1.77 bits per heavy atom. The molecule has 2 aromatic carbocycles. The minimum absolute atomic E-state index is 0.557. The Morgan fingerprint density at radius 3 is 2.54 bits per heavy atom. The molecule has 1 heterocycles. The molecule has 0 aliphatic rings. The van der Waals surface area contributed by atoms with Crippen LogP contribution in [0, 0.1) is 0 Å². The highest BCUT2D eigenvalue weighted by molar-refractivity contribution is 7.15. The molecule has 1 N–H and O–H groups in total. The number of hydrogen-bond donors (Lipinski definition) is 1. The van der Waals surface area contributed by atoms with E-state index in [0.717, 1.165) is 24.6 Å². The number of nitrogens with one attached hydrogen (secondary N) is 1. The average molecular weight is 366 g/mol. The van der Waals surface area contributed by atoms with Crippen molar-refractivity contribution in [3.8, 4) is 10.6 Å². The first kappa shape index (κ1) is 18.8. The first-order valence-electron chi connectivity index (χ1n) is 9.10. The van der Waals surface area contributed by atoms with Gasteiger partial charge in [0.05, 0.1) is 0 Å². The second-order valence-corrected chi connectivity index (χ2v) is 8.05. The normalized spacial score (nSPS) is 11.4. The summed E-state index contributed by atoms with van der Waals surface area (Å²) >= 11 is 1.76. The molecule has 3 rings (SSSR count). The molecular formula is C22H27N3S. The molecule has 0 aliphatic heterocycles. The summed E-state index contributed by atoms with van der Waals surface area (Å²) in [4.78, 5) is 8.17. The quantitative estimate of drug-likeness (QED) is 0.613. The van der Waals surface area contributed by atoms with Crippen LogP contribution in [-0.2, 0) is 19.6 Å². The zero-order chi connectivity index (χ0) is 18.4. The largest absolute Gasteiger partial charge is 0.308 e. The fraction of sp³-hybridized carbons (Fsp3) is 0.318. The maximum atomic E-state index is 4.55. The third-order valence-corrected chi connectivity index (χ3v) is 5.55. The van der Waals surface area contributed by atoms with Crippen LogP contribution in [0.4, 0.5) is 0 Å². The molecule has 136 valence electrons. The van der Waals surface area contributed by atoms with Gasteiger partial charge in [0.25, 0.3) is 0 Å². The van der Waals surface area contributed by atoms with E-state index >= 15 is 0 Å². The van der Waals surface area contributed by atoms with Crippen LogP contribution in [0.2, 0.25) is 0 Å². The summed E-state index contributed by atoms with van der Waals surface area (Å²) in [6.45, 7) is 7.16. The maximum Gasteiger partial charge on any atom is 0.123 e. The minimum Gasteiger partial charge on any atom is -0.308 e. The van der Waals surface area contributed by atoms with E-state index in [2.05, 4.69) is 84.6 Å². The summed E-state index contributed by atoms with van der Waals surface area (Å²) in [6, 6.07) is 19.8. The van der Waals surface area contributed by atoms with Gasteiger partial charge in [-0.2, -0.15) is 0 Å². The molecule has 1 aromatic heterocycles. The van der Waals surface area contributed by atoms with Crippen LogP contribution in [0.1, 0.15) is 29.9 Å². The lowest BCUT2D eigenvalue weighted by atomic mass is 10.1. The lowest BCUT2D eigenvalue weighted by molar-refractivity contribution is 0.266. The molecule has 0 radical (unpaired) electrons. The molecule has 0 saturated heterocycles. The van der Waals surface area contributed by atoms with E-state index in [1.807, 2.05) is 12.3 Å². The number of benzene rings is 2. The SMILES string of the molecule is CC(C)N(C)Cc1cccc(CNCc2cnc(-c3ccccc3)s2)c1. The third kappa shape index (κ3) is 5.24. The molecule has 3 nitrogen and oxygen atoms in total. The van der Waals surface area contributed by atoms with Gasteiger partial charge in [0.1, 0.15) is 5.01 Å². The summed E-state index contributed by atoms with van der Waals surface area (Å²) < 4.78 is 0. The summed E-state index contributed by atoms with van der Waals surface area (Å²) in [7, 11) is 2.17. The van der Waals surface area contributed by atoms with Crippen LogP contribution < -0.4 is 5.32 Å². The summed E-state index contributed by atoms with van der Waals surface area (Å²) in [6.07, 6.45) is 1.98. The highest BCUT2D eigenvalue weighted by Gasteiger charge is 2.06. The average Bonchev–Trinajstić information content (AvgIpc) is 3.12. The first-order valence-corrected chi connectivity index (χ1v) is 9.92. The van der Waals surface area contributed by atoms with Crippen LogP contribution in [0.15, 0.2) is 60.8 Å². The molecule has 0 amide bonds. The molecular weight excluding hydrogens is 338 g/mol. The van der Waals surface area contributed by atoms with Crippen molar-refractivity contribution < 1.29 is 0 Å². The van der Waals surface area contributed by atoms with Crippen molar-refractivity contribution in [3.63, 3.8) is 0 Å². The van der Waals surface area contributed by atoms with E-state index in [0.29, 0.717) is 6.04 Å². The fourth-order valence-corrected chi connectivity index (χ4v) is 3.63. The zero-order valence-corrected chi connectivity index (χ0v) is 16.6. The standard InChI is InChI=1S/C22H27N3S/c1-17(2)25(3)16-19-9-7-8-18(12-19)13-23-14-21-15-24-22(26-21)20-10-5-4-6-11-20/h4-12,15,17,23H,13-14,16H2,1-3H3. The van der Waals surface area contributed by atoms with Gasteiger partial charge in [-0.15, -0.1) is 11.3 Å². The van der Waals surface area contributed by atoms with Gasteiger partial charge in [-0.3, -0.25) is 4.90 Å². The molecule has 0 unspecified atom stereocenters. The van der Waals surface area contributed by atoms with E-state index in [1.54, 1.807) is 11.3 Å². The minimum atomic E-state index is 0.557.